The average molecular weight is 372 g/mol. The minimum absolute atomic E-state index is 0.186. The molecule has 2 aromatic rings. The lowest BCUT2D eigenvalue weighted by atomic mass is 9.77. The molecule has 26 heavy (non-hydrogen) atoms. The van der Waals surface area contributed by atoms with Crippen LogP contribution in [0.5, 0.6) is 0 Å². The van der Waals surface area contributed by atoms with Crippen molar-refractivity contribution in [2.24, 2.45) is 0 Å². The van der Waals surface area contributed by atoms with Crippen LogP contribution in [0.25, 0.3) is 0 Å². The summed E-state index contributed by atoms with van der Waals surface area (Å²) in [6.07, 6.45) is 5.98. The summed E-state index contributed by atoms with van der Waals surface area (Å²) in [6, 6.07) is 6.99. The lowest BCUT2D eigenvalue weighted by Crippen LogP contribution is -2.50. The number of nitrogens with zero attached hydrogens (tertiary/aromatic N) is 3. The van der Waals surface area contributed by atoms with Gasteiger partial charge in [0.2, 0.25) is 0 Å². The summed E-state index contributed by atoms with van der Waals surface area (Å²) in [5.41, 5.74) is 1.14. The third kappa shape index (κ3) is 3.73. The summed E-state index contributed by atoms with van der Waals surface area (Å²) in [5, 5.41) is 8.82. The Labute approximate surface area is 158 Å². The monoisotopic (exact) mass is 371 g/mol. The van der Waals surface area contributed by atoms with Gasteiger partial charge in [0, 0.05) is 49.9 Å². The van der Waals surface area contributed by atoms with Gasteiger partial charge in [0.05, 0.1) is 4.88 Å². The van der Waals surface area contributed by atoms with Gasteiger partial charge in [-0.1, -0.05) is 6.07 Å². The SMILES string of the molecule is CNc1cc(C2CC(NC3CCN(C(=O)c4cccs4)CC3)C2)ncn1. The summed E-state index contributed by atoms with van der Waals surface area (Å²) in [5.74, 6) is 1.60. The number of piperidine rings is 1. The number of rotatable bonds is 5. The van der Waals surface area contributed by atoms with E-state index in [-0.39, 0.29) is 5.91 Å². The predicted octanol–water partition coefficient (Wildman–Crippen LogP) is 2.72. The van der Waals surface area contributed by atoms with E-state index in [9.17, 15) is 4.79 Å². The molecule has 1 saturated heterocycles. The van der Waals surface area contributed by atoms with Crippen molar-refractivity contribution in [1.82, 2.24) is 20.2 Å². The highest BCUT2D eigenvalue weighted by atomic mass is 32.1. The molecule has 2 aromatic heterocycles. The van der Waals surface area contributed by atoms with Gasteiger partial charge in [-0.15, -0.1) is 11.3 Å². The van der Waals surface area contributed by atoms with Crippen LogP contribution in [0.4, 0.5) is 5.82 Å². The van der Waals surface area contributed by atoms with Crippen LogP contribution < -0.4 is 10.6 Å². The Bertz CT molecular complexity index is 736. The molecule has 0 bridgehead atoms. The molecule has 2 N–H and O–H groups in total. The molecule has 4 rings (SSSR count). The van der Waals surface area contributed by atoms with E-state index in [0.717, 1.165) is 55.2 Å². The van der Waals surface area contributed by atoms with E-state index in [4.69, 9.17) is 0 Å². The number of likely N-dealkylation sites (tertiary alicyclic amines) is 1. The predicted molar refractivity (Wildman–Crippen MR) is 104 cm³/mol. The second-order valence-corrected chi connectivity index (χ2v) is 8.10. The van der Waals surface area contributed by atoms with Gasteiger partial charge in [-0.25, -0.2) is 9.97 Å². The first-order valence-corrected chi connectivity index (χ1v) is 10.2. The van der Waals surface area contributed by atoms with Gasteiger partial charge in [-0.2, -0.15) is 0 Å². The number of aromatic nitrogens is 2. The van der Waals surface area contributed by atoms with Crippen molar-refractivity contribution in [1.29, 1.82) is 0 Å². The Morgan fingerprint density at radius 3 is 2.73 bits per heavy atom. The van der Waals surface area contributed by atoms with E-state index in [0.29, 0.717) is 18.0 Å². The Kier molecular flexibility index (Phi) is 5.17. The Morgan fingerprint density at radius 2 is 2.04 bits per heavy atom. The second kappa shape index (κ2) is 7.72. The molecule has 2 aliphatic rings. The van der Waals surface area contributed by atoms with E-state index in [1.54, 1.807) is 6.33 Å². The minimum atomic E-state index is 0.186. The van der Waals surface area contributed by atoms with Crippen LogP contribution in [0, 0.1) is 0 Å². The molecule has 0 atom stereocenters. The fourth-order valence-corrected chi connectivity index (χ4v) is 4.56. The number of thiophene rings is 1. The Morgan fingerprint density at radius 1 is 1.23 bits per heavy atom. The molecule has 138 valence electrons. The van der Waals surface area contributed by atoms with E-state index in [1.807, 2.05) is 29.5 Å². The Balaban J connectivity index is 1.22. The summed E-state index contributed by atoms with van der Waals surface area (Å²) < 4.78 is 0. The number of hydrogen-bond acceptors (Lipinski definition) is 6. The number of anilines is 1. The van der Waals surface area contributed by atoms with Crippen molar-refractivity contribution in [3.8, 4) is 0 Å². The number of amides is 1. The topological polar surface area (TPSA) is 70.2 Å². The van der Waals surface area contributed by atoms with Crippen LogP contribution in [-0.4, -0.2) is 53.0 Å². The van der Waals surface area contributed by atoms with Crippen molar-refractivity contribution in [3.63, 3.8) is 0 Å². The fraction of sp³-hybridized carbons (Fsp3) is 0.526. The first-order chi connectivity index (χ1) is 12.7. The van der Waals surface area contributed by atoms with Gasteiger partial charge in [0.15, 0.2) is 0 Å². The van der Waals surface area contributed by atoms with Crippen LogP contribution in [-0.2, 0) is 0 Å². The van der Waals surface area contributed by atoms with Gasteiger partial charge < -0.3 is 15.5 Å². The normalized spacial score (nSPS) is 23.5. The largest absolute Gasteiger partial charge is 0.373 e. The van der Waals surface area contributed by atoms with E-state index in [1.165, 1.54) is 11.3 Å². The van der Waals surface area contributed by atoms with Crippen LogP contribution >= 0.6 is 11.3 Å². The molecule has 6 nitrogen and oxygen atoms in total. The summed E-state index contributed by atoms with van der Waals surface area (Å²) in [7, 11) is 1.88. The number of carbonyl (C=O) groups excluding carboxylic acids is 1. The second-order valence-electron chi connectivity index (χ2n) is 7.15. The van der Waals surface area contributed by atoms with Crippen molar-refractivity contribution < 1.29 is 4.79 Å². The van der Waals surface area contributed by atoms with Crippen molar-refractivity contribution >= 4 is 23.1 Å². The molecule has 2 fully saturated rings. The van der Waals surface area contributed by atoms with Gasteiger partial charge in [-0.3, -0.25) is 4.79 Å². The van der Waals surface area contributed by atoms with Crippen molar-refractivity contribution in [3.05, 3.63) is 40.5 Å². The van der Waals surface area contributed by atoms with Crippen LogP contribution in [0.2, 0.25) is 0 Å². The molecule has 7 heteroatoms. The van der Waals surface area contributed by atoms with Gasteiger partial charge in [0.1, 0.15) is 12.1 Å². The summed E-state index contributed by atoms with van der Waals surface area (Å²) in [6.45, 7) is 1.70. The molecule has 1 aliphatic carbocycles. The third-order valence-corrected chi connectivity index (χ3v) is 6.34. The zero-order chi connectivity index (χ0) is 17.9. The first kappa shape index (κ1) is 17.4. The molecule has 1 saturated carbocycles. The van der Waals surface area contributed by atoms with Gasteiger partial charge in [-0.05, 0) is 37.1 Å². The molecule has 3 heterocycles. The van der Waals surface area contributed by atoms with Crippen LogP contribution in [0.15, 0.2) is 29.9 Å². The van der Waals surface area contributed by atoms with E-state index in [2.05, 4.69) is 26.7 Å². The summed E-state index contributed by atoms with van der Waals surface area (Å²) >= 11 is 1.53. The zero-order valence-corrected chi connectivity index (χ0v) is 15.8. The average Bonchev–Trinajstić information content (AvgIpc) is 3.19. The smallest absolute Gasteiger partial charge is 0.263 e. The molecule has 0 spiro atoms. The summed E-state index contributed by atoms with van der Waals surface area (Å²) in [4.78, 5) is 23.9. The van der Waals surface area contributed by atoms with Gasteiger partial charge >= 0.3 is 0 Å². The molecule has 1 aliphatic heterocycles. The molecule has 0 unspecified atom stereocenters. The molecular weight excluding hydrogens is 346 g/mol. The maximum Gasteiger partial charge on any atom is 0.263 e. The number of nitrogens with one attached hydrogen (secondary N) is 2. The van der Waals surface area contributed by atoms with Gasteiger partial charge in [0.25, 0.3) is 5.91 Å². The lowest BCUT2D eigenvalue weighted by Gasteiger charge is -2.40. The van der Waals surface area contributed by atoms with Crippen LogP contribution in [0.3, 0.4) is 0 Å². The maximum atomic E-state index is 12.4. The van der Waals surface area contributed by atoms with E-state index < -0.39 is 0 Å². The zero-order valence-electron chi connectivity index (χ0n) is 15.0. The lowest BCUT2D eigenvalue weighted by molar-refractivity contribution is 0.0700. The maximum absolute atomic E-state index is 12.4. The highest BCUT2D eigenvalue weighted by Gasteiger charge is 2.34. The standard InChI is InChI=1S/C19H25N5OS/c1-20-18-11-16(21-12-22-18)13-9-15(10-13)23-14-4-6-24(7-5-14)19(25)17-3-2-8-26-17/h2-3,8,11-15,23H,4-7,9-10H2,1H3,(H,20,21,22). The number of carbonyl (C=O) groups is 1. The highest BCUT2D eigenvalue weighted by Crippen LogP contribution is 2.37. The van der Waals surface area contributed by atoms with Crippen molar-refractivity contribution in [2.75, 3.05) is 25.5 Å². The third-order valence-electron chi connectivity index (χ3n) is 5.49. The van der Waals surface area contributed by atoms with Crippen LogP contribution in [0.1, 0.15) is 47.0 Å². The molecule has 0 aromatic carbocycles. The number of hydrogen-bond donors (Lipinski definition) is 2. The fourth-order valence-electron chi connectivity index (χ4n) is 3.87. The minimum Gasteiger partial charge on any atom is -0.373 e. The molecular formula is C19H25N5OS. The highest BCUT2D eigenvalue weighted by molar-refractivity contribution is 7.12. The van der Waals surface area contributed by atoms with E-state index >= 15 is 0 Å². The Hall–Kier alpha value is -1.99. The first-order valence-electron chi connectivity index (χ1n) is 9.31. The molecule has 0 radical (unpaired) electrons. The quantitative estimate of drug-likeness (QED) is 0.846. The van der Waals surface area contributed by atoms with Crippen molar-refractivity contribution in [2.45, 2.75) is 43.7 Å². The molecule has 1 amide bonds.